The quantitative estimate of drug-likeness (QED) is 0.260. The second-order valence-corrected chi connectivity index (χ2v) is 13.4. The van der Waals surface area contributed by atoms with Crippen LogP contribution in [-0.4, -0.2) is 34.9 Å². The molecule has 0 radical (unpaired) electrons. The molecular weight excluding hydrogens is 557 g/mol. The molecule has 4 bridgehead atoms. The highest BCUT2D eigenvalue weighted by atomic mass is 19.1. The van der Waals surface area contributed by atoms with Gasteiger partial charge in [-0.25, -0.2) is 9.29 Å². The first-order valence-electron chi connectivity index (χ1n) is 15.4. The minimum absolute atomic E-state index is 0.0686. The molecule has 4 fully saturated rings. The normalized spacial score (nSPS) is 38.2. The van der Waals surface area contributed by atoms with Crippen molar-refractivity contribution in [3.63, 3.8) is 0 Å². The van der Waals surface area contributed by atoms with Crippen LogP contribution in [0.3, 0.4) is 0 Å². The molecule has 7 nitrogen and oxygen atoms in total. The fraction of sp³-hybridized carbons (Fsp3) is 0.306. The Labute approximate surface area is 252 Å². The van der Waals surface area contributed by atoms with Crippen LogP contribution in [0.15, 0.2) is 90.0 Å². The van der Waals surface area contributed by atoms with E-state index in [1.165, 1.54) is 29.2 Å². The van der Waals surface area contributed by atoms with E-state index in [1.54, 1.807) is 6.21 Å². The summed E-state index contributed by atoms with van der Waals surface area (Å²) in [6.07, 6.45) is 6.94. The number of anilines is 1. The summed E-state index contributed by atoms with van der Waals surface area (Å²) in [4.78, 5) is 57.7. The van der Waals surface area contributed by atoms with Crippen molar-refractivity contribution >= 4 is 35.5 Å². The molecule has 12 rings (SSSR count). The Morgan fingerprint density at radius 2 is 1.27 bits per heavy atom. The van der Waals surface area contributed by atoms with E-state index in [0.29, 0.717) is 17.5 Å². The monoisotopic (exact) mass is 583 g/mol. The molecule has 3 aromatic rings. The summed E-state index contributed by atoms with van der Waals surface area (Å²) in [5.74, 6) is -3.43. The maximum atomic E-state index is 14.5. The van der Waals surface area contributed by atoms with Gasteiger partial charge in [0.25, 0.3) is 11.8 Å². The Balaban J connectivity index is 1.15. The highest BCUT2D eigenvalue weighted by Crippen LogP contribution is 2.66. The lowest BCUT2D eigenvalue weighted by atomic mass is 9.47. The van der Waals surface area contributed by atoms with Crippen LogP contribution in [-0.2, 0) is 24.6 Å². The minimum atomic E-state index is -1.21. The highest BCUT2D eigenvalue weighted by molar-refractivity contribution is 6.25. The van der Waals surface area contributed by atoms with Gasteiger partial charge >= 0.3 is 0 Å². The zero-order valence-electron chi connectivity index (χ0n) is 23.4. The van der Waals surface area contributed by atoms with Gasteiger partial charge in [0.05, 0.1) is 34.8 Å². The van der Waals surface area contributed by atoms with Gasteiger partial charge in [0.1, 0.15) is 5.82 Å². The number of rotatable bonds is 3. The predicted molar refractivity (Wildman–Crippen MR) is 156 cm³/mol. The Hall–Kier alpha value is -4.72. The largest absolute Gasteiger partial charge is 0.274 e. The molecule has 2 aliphatic heterocycles. The predicted octanol–water partition coefficient (Wildman–Crippen LogP) is 4.42. The van der Waals surface area contributed by atoms with Crippen LogP contribution < -0.4 is 4.90 Å². The molecule has 0 unspecified atom stereocenters. The van der Waals surface area contributed by atoms with Crippen molar-refractivity contribution in [1.29, 1.82) is 0 Å². The first kappa shape index (κ1) is 24.7. The number of allylic oxidation sites excluding steroid dienone is 2. The SMILES string of the molecule is O=C1[C@@H]2[C@H]3C=C[C@@H]([C@@H]4C[C@H]34)[C@@H]2C(=O)N1/N=C\C12c3ccccc3C(c3ccccc31)[C@H]1C(=O)N(c3ccc(F)cc3)C(=O)[C@@H]12. The number of imide groups is 2. The highest BCUT2D eigenvalue weighted by Gasteiger charge is 2.69. The van der Waals surface area contributed by atoms with Gasteiger partial charge in [0.2, 0.25) is 11.8 Å². The number of nitrogens with zero attached hydrogens (tertiary/aromatic N) is 3. The van der Waals surface area contributed by atoms with Gasteiger partial charge in [0, 0.05) is 12.1 Å². The topological polar surface area (TPSA) is 87.1 Å². The van der Waals surface area contributed by atoms with E-state index in [1.807, 2.05) is 48.5 Å². The number of halogens is 1. The third-order valence-corrected chi connectivity index (χ3v) is 11.8. The number of benzene rings is 3. The van der Waals surface area contributed by atoms with Crippen LogP contribution in [0.2, 0.25) is 0 Å². The summed E-state index contributed by atoms with van der Waals surface area (Å²) in [6, 6.07) is 20.9. The number of hydrogen-bond acceptors (Lipinski definition) is 5. The van der Waals surface area contributed by atoms with Crippen molar-refractivity contribution in [3.05, 3.63) is 113 Å². The molecule has 0 N–H and O–H groups in total. The van der Waals surface area contributed by atoms with Crippen LogP contribution in [0, 0.1) is 53.2 Å². The van der Waals surface area contributed by atoms with Crippen molar-refractivity contribution in [3.8, 4) is 0 Å². The summed E-state index contributed by atoms with van der Waals surface area (Å²) >= 11 is 0. The van der Waals surface area contributed by atoms with Gasteiger partial charge in [-0.3, -0.25) is 19.2 Å². The lowest BCUT2D eigenvalue weighted by molar-refractivity contribution is -0.140. The van der Waals surface area contributed by atoms with Gasteiger partial charge in [-0.05, 0) is 76.6 Å². The van der Waals surface area contributed by atoms with Crippen LogP contribution in [0.5, 0.6) is 0 Å². The van der Waals surface area contributed by atoms with Crippen molar-refractivity contribution in [2.24, 2.45) is 52.4 Å². The number of carbonyl (C=O) groups excluding carboxylic acids is 4. The third-order valence-electron chi connectivity index (χ3n) is 11.8. The molecule has 4 amide bonds. The van der Waals surface area contributed by atoms with E-state index in [4.69, 9.17) is 5.10 Å². The first-order valence-corrected chi connectivity index (χ1v) is 15.4. The van der Waals surface area contributed by atoms with Crippen molar-refractivity contribution in [2.75, 3.05) is 4.90 Å². The fourth-order valence-corrected chi connectivity index (χ4v) is 10.1. The van der Waals surface area contributed by atoms with Gasteiger partial charge < -0.3 is 0 Å². The molecular formula is C36H26FN3O4. The van der Waals surface area contributed by atoms with Gasteiger partial charge in [-0.1, -0.05) is 60.7 Å². The number of hydrogen-bond donors (Lipinski definition) is 0. The number of amides is 4. The molecule has 0 aromatic heterocycles. The lowest BCUT2D eigenvalue weighted by Crippen LogP contribution is -2.55. The van der Waals surface area contributed by atoms with Crippen LogP contribution >= 0.6 is 0 Å². The second kappa shape index (κ2) is 8.05. The van der Waals surface area contributed by atoms with Gasteiger partial charge in [-0.15, -0.1) is 0 Å². The zero-order chi connectivity index (χ0) is 29.6. The van der Waals surface area contributed by atoms with E-state index >= 15 is 0 Å². The van der Waals surface area contributed by atoms with E-state index in [2.05, 4.69) is 12.2 Å². The Bertz CT molecular complexity index is 1850. The van der Waals surface area contributed by atoms with Crippen molar-refractivity contribution < 1.29 is 23.6 Å². The Kier molecular flexibility index (Phi) is 4.52. The van der Waals surface area contributed by atoms with E-state index in [0.717, 1.165) is 33.7 Å². The maximum Gasteiger partial charge on any atom is 0.254 e. The lowest BCUT2D eigenvalue weighted by Gasteiger charge is -2.52. The van der Waals surface area contributed by atoms with Gasteiger partial charge in [-0.2, -0.15) is 10.1 Å². The summed E-state index contributed by atoms with van der Waals surface area (Å²) < 4.78 is 13.8. The molecule has 9 aliphatic rings. The van der Waals surface area contributed by atoms with Gasteiger partial charge in [0.15, 0.2) is 0 Å². The Morgan fingerprint density at radius 1 is 0.705 bits per heavy atom. The average molecular weight is 584 g/mol. The molecule has 2 saturated carbocycles. The smallest absolute Gasteiger partial charge is 0.254 e. The molecule has 44 heavy (non-hydrogen) atoms. The second-order valence-electron chi connectivity index (χ2n) is 13.4. The minimum Gasteiger partial charge on any atom is -0.274 e. The molecule has 216 valence electrons. The maximum absolute atomic E-state index is 14.5. The van der Waals surface area contributed by atoms with Crippen LogP contribution in [0.1, 0.15) is 34.6 Å². The van der Waals surface area contributed by atoms with E-state index < -0.39 is 40.8 Å². The van der Waals surface area contributed by atoms with Crippen molar-refractivity contribution in [1.82, 2.24) is 5.01 Å². The Morgan fingerprint density at radius 3 is 1.86 bits per heavy atom. The fourth-order valence-electron chi connectivity index (χ4n) is 10.1. The average Bonchev–Trinajstić information content (AvgIpc) is 3.78. The summed E-state index contributed by atoms with van der Waals surface area (Å²) in [6.45, 7) is 0. The summed E-state index contributed by atoms with van der Waals surface area (Å²) in [7, 11) is 0. The number of hydrazone groups is 1. The molecule has 0 spiro atoms. The van der Waals surface area contributed by atoms with E-state index in [9.17, 15) is 23.6 Å². The van der Waals surface area contributed by atoms with Crippen LogP contribution in [0.25, 0.3) is 0 Å². The summed E-state index contributed by atoms with van der Waals surface area (Å²) in [5.41, 5.74) is 2.64. The standard InChI is InChI=1S/C36H26FN3O4/c37-17-9-11-18(12-10-17)39-32(41)30-27-21-5-1-3-7-25(21)36(31(30)35(39)44,26-8-4-2-6-22(26)27)16-38-40-33(42)28-19-13-14-20(24-15-23(19)24)29(28)34(40)43/h1-14,16,19-20,23-24,27-31H,15H2/b38-16-/t19-,20-,23-,24+,27?,28-,29+,30+,31+,36?/m0/s1. The summed E-state index contributed by atoms with van der Waals surface area (Å²) in [5, 5.41) is 5.77. The molecule has 2 saturated heterocycles. The number of carbonyl (C=O) groups is 4. The first-order chi connectivity index (χ1) is 21.4. The third kappa shape index (κ3) is 2.72. The molecule has 7 aliphatic carbocycles. The van der Waals surface area contributed by atoms with Crippen LogP contribution in [0.4, 0.5) is 10.1 Å². The van der Waals surface area contributed by atoms with E-state index in [-0.39, 0.29) is 35.5 Å². The van der Waals surface area contributed by atoms with Crippen molar-refractivity contribution in [2.45, 2.75) is 17.8 Å². The molecule has 8 heteroatoms. The molecule has 3 aromatic carbocycles. The zero-order valence-corrected chi connectivity index (χ0v) is 23.4. The molecule has 8 atom stereocenters. The molecule has 2 heterocycles.